The molecular weight excluding hydrogens is 212 g/mol. The fraction of sp³-hybridized carbons (Fsp3) is 0.143. The van der Waals surface area contributed by atoms with Gasteiger partial charge in [0.05, 0.1) is 0 Å². The van der Waals surface area contributed by atoms with Crippen molar-refractivity contribution in [3.8, 4) is 17.2 Å². The van der Waals surface area contributed by atoms with Crippen LogP contribution >= 0.6 is 0 Å². The van der Waals surface area contributed by atoms with Gasteiger partial charge in [-0.05, 0) is 12.1 Å². The molecular formula is C7H8O6S. The van der Waals surface area contributed by atoms with Gasteiger partial charge in [-0.1, -0.05) is 6.07 Å². The first kappa shape index (κ1) is 10.6. The number of phenols is 2. The van der Waals surface area contributed by atoms with E-state index in [1.807, 2.05) is 0 Å². The molecule has 1 aromatic carbocycles. The quantitative estimate of drug-likeness (QED) is 0.500. The van der Waals surface area contributed by atoms with Crippen LogP contribution < -0.4 is 4.74 Å². The number of para-hydroxylation sites is 1. The summed E-state index contributed by atoms with van der Waals surface area (Å²) < 4.78 is 33.5. The van der Waals surface area contributed by atoms with Crippen LogP contribution in [0.2, 0.25) is 0 Å². The first-order chi connectivity index (χ1) is 6.40. The van der Waals surface area contributed by atoms with Gasteiger partial charge in [-0.3, -0.25) is 4.55 Å². The summed E-state index contributed by atoms with van der Waals surface area (Å²) in [6, 6.07) is 3.81. The zero-order valence-electron chi connectivity index (χ0n) is 6.91. The van der Waals surface area contributed by atoms with Gasteiger partial charge < -0.3 is 14.9 Å². The number of benzene rings is 1. The number of ether oxygens (including phenoxy) is 1. The van der Waals surface area contributed by atoms with Crippen molar-refractivity contribution < 1.29 is 27.9 Å². The van der Waals surface area contributed by atoms with Crippen molar-refractivity contribution in [2.45, 2.75) is 0 Å². The lowest BCUT2D eigenvalue weighted by atomic mass is 10.3. The second-order valence-electron chi connectivity index (χ2n) is 2.47. The summed E-state index contributed by atoms with van der Waals surface area (Å²) in [6.45, 7) is 0. The Labute approximate surface area is 80.1 Å². The molecule has 3 N–H and O–H groups in total. The second-order valence-corrected chi connectivity index (χ2v) is 3.87. The summed E-state index contributed by atoms with van der Waals surface area (Å²) in [5.41, 5.74) is 0. The van der Waals surface area contributed by atoms with Crippen molar-refractivity contribution in [1.29, 1.82) is 0 Å². The Morgan fingerprint density at radius 3 is 2.50 bits per heavy atom. The summed E-state index contributed by atoms with van der Waals surface area (Å²) in [7, 11) is -4.27. The zero-order valence-corrected chi connectivity index (χ0v) is 7.73. The van der Waals surface area contributed by atoms with Gasteiger partial charge in [0.15, 0.2) is 11.5 Å². The minimum absolute atomic E-state index is 0.220. The van der Waals surface area contributed by atoms with E-state index in [9.17, 15) is 8.42 Å². The molecule has 1 rings (SSSR count). The maximum Gasteiger partial charge on any atom is 0.300 e. The van der Waals surface area contributed by atoms with E-state index in [4.69, 9.17) is 14.8 Å². The van der Waals surface area contributed by atoms with Crippen LogP contribution in [0.3, 0.4) is 0 Å². The molecule has 0 bridgehead atoms. The van der Waals surface area contributed by atoms with Crippen LogP contribution in [-0.4, -0.2) is 29.1 Å². The van der Waals surface area contributed by atoms with Crippen molar-refractivity contribution in [1.82, 2.24) is 0 Å². The van der Waals surface area contributed by atoms with E-state index in [0.717, 1.165) is 0 Å². The standard InChI is InChI=1S/C7H8O6S/c8-5-2-1-3-6(7(5)9)13-4-14(10,11)12/h1-3,8-9H,4H2,(H,10,11,12). The summed E-state index contributed by atoms with van der Waals surface area (Å²) >= 11 is 0. The van der Waals surface area contributed by atoms with Crippen LogP contribution in [0, 0.1) is 0 Å². The monoisotopic (exact) mass is 220 g/mol. The molecule has 0 aromatic heterocycles. The van der Waals surface area contributed by atoms with E-state index < -0.39 is 27.6 Å². The molecule has 0 fully saturated rings. The van der Waals surface area contributed by atoms with Crippen LogP contribution in [-0.2, 0) is 10.1 Å². The minimum Gasteiger partial charge on any atom is -0.504 e. The van der Waals surface area contributed by atoms with Crippen molar-refractivity contribution in [3.05, 3.63) is 18.2 Å². The molecule has 0 saturated heterocycles. The number of hydrogen-bond acceptors (Lipinski definition) is 5. The molecule has 0 aliphatic rings. The Morgan fingerprint density at radius 1 is 1.29 bits per heavy atom. The van der Waals surface area contributed by atoms with Gasteiger partial charge in [0.1, 0.15) is 0 Å². The van der Waals surface area contributed by atoms with Crippen molar-refractivity contribution >= 4 is 10.1 Å². The molecule has 0 saturated carbocycles. The fourth-order valence-corrected chi connectivity index (χ4v) is 1.04. The molecule has 1 aromatic rings. The average molecular weight is 220 g/mol. The summed E-state index contributed by atoms with van der Waals surface area (Å²) in [5, 5.41) is 18.1. The first-order valence-electron chi connectivity index (χ1n) is 3.49. The molecule has 0 unspecified atom stereocenters. The molecule has 78 valence electrons. The predicted octanol–water partition coefficient (Wildman–Crippen LogP) is 0.322. The summed E-state index contributed by atoms with van der Waals surface area (Å²) in [6.07, 6.45) is 0. The average Bonchev–Trinajstić information content (AvgIpc) is 2.06. The number of rotatable bonds is 3. The Hall–Kier alpha value is -1.47. The lowest BCUT2D eigenvalue weighted by Crippen LogP contribution is -2.10. The van der Waals surface area contributed by atoms with Crippen molar-refractivity contribution in [2.75, 3.05) is 5.94 Å². The van der Waals surface area contributed by atoms with E-state index in [1.54, 1.807) is 0 Å². The van der Waals surface area contributed by atoms with Gasteiger partial charge in [0, 0.05) is 0 Å². The fourth-order valence-electron chi connectivity index (χ4n) is 0.765. The number of phenolic OH excluding ortho intramolecular Hbond substituents is 2. The van der Waals surface area contributed by atoms with E-state index in [-0.39, 0.29) is 5.75 Å². The highest BCUT2D eigenvalue weighted by Gasteiger charge is 2.10. The molecule has 0 atom stereocenters. The molecule has 0 amide bonds. The highest BCUT2D eigenvalue weighted by molar-refractivity contribution is 7.85. The third kappa shape index (κ3) is 2.79. The van der Waals surface area contributed by atoms with E-state index in [1.165, 1.54) is 18.2 Å². The third-order valence-corrected chi connectivity index (χ3v) is 1.76. The minimum atomic E-state index is -4.27. The zero-order chi connectivity index (χ0) is 10.8. The van der Waals surface area contributed by atoms with E-state index in [0.29, 0.717) is 0 Å². The van der Waals surface area contributed by atoms with Gasteiger partial charge in [0.25, 0.3) is 0 Å². The van der Waals surface area contributed by atoms with Crippen molar-refractivity contribution in [2.24, 2.45) is 0 Å². The molecule has 7 heteroatoms. The molecule has 6 nitrogen and oxygen atoms in total. The maximum absolute atomic E-state index is 10.3. The Balaban J connectivity index is 2.83. The van der Waals surface area contributed by atoms with E-state index in [2.05, 4.69) is 4.74 Å². The van der Waals surface area contributed by atoms with Gasteiger partial charge >= 0.3 is 10.1 Å². The third-order valence-electron chi connectivity index (χ3n) is 1.34. The molecule has 14 heavy (non-hydrogen) atoms. The number of aromatic hydroxyl groups is 2. The highest BCUT2D eigenvalue weighted by Crippen LogP contribution is 2.34. The molecule has 0 aliphatic carbocycles. The lowest BCUT2D eigenvalue weighted by molar-refractivity contribution is 0.322. The Bertz CT molecular complexity index is 424. The second kappa shape index (κ2) is 3.72. The van der Waals surface area contributed by atoms with Crippen LogP contribution in [0.25, 0.3) is 0 Å². The van der Waals surface area contributed by atoms with Crippen LogP contribution in [0.1, 0.15) is 0 Å². The normalized spacial score (nSPS) is 11.2. The summed E-state index contributed by atoms with van der Waals surface area (Å²) in [4.78, 5) is 0. The smallest absolute Gasteiger partial charge is 0.300 e. The molecule has 0 spiro atoms. The van der Waals surface area contributed by atoms with Crippen LogP contribution in [0.4, 0.5) is 0 Å². The topological polar surface area (TPSA) is 104 Å². The Kier molecular flexibility index (Phi) is 2.82. The first-order valence-corrected chi connectivity index (χ1v) is 5.10. The highest BCUT2D eigenvalue weighted by atomic mass is 32.2. The van der Waals surface area contributed by atoms with Gasteiger partial charge in [-0.2, -0.15) is 8.42 Å². The largest absolute Gasteiger partial charge is 0.504 e. The van der Waals surface area contributed by atoms with Crippen LogP contribution in [0.5, 0.6) is 17.2 Å². The maximum atomic E-state index is 10.3. The molecule has 0 heterocycles. The van der Waals surface area contributed by atoms with Crippen molar-refractivity contribution in [3.63, 3.8) is 0 Å². The summed E-state index contributed by atoms with van der Waals surface area (Å²) in [5.74, 6) is -2.21. The lowest BCUT2D eigenvalue weighted by Gasteiger charge is -2.06. The predicted molar refractivity (Wildman–Crippen MR) is 46.8 cm³/mol. The Morgan fingerprint density at radius 2 is 1.93 bits per heavy atom. The van der Waals surface area contributed by atoms with Gasteiger partial charge in [-0.25, -0.2) is 0 Å². The van der Waals surface area contributed by atoms with Gasteiger partial charge in [0.2, 0.25) is 11.7 Å². The van der Waals surface area contributed by atoms with Crippen LogP contribution in [0.15, 0.2) is 18.2 Å². The molecule has 0 aliphatic heterocycles. The van der Waals surface area contributed by atoms with Gasteiger partial charge in [-0.15, -0.1) is 0 Å². The number of hydrogen-bond donors (Lipinski definition) is 3. The SMILES string of the molecule is O=S(=O)(O)COc1cccc(O)c1O. The molecule has 0 radical (unpaired) electrons. The van der Waals surface area contributed by atoms with E-state index >= 15 is 0 Å².